The number of thiazole rings is 2. The highest BCUT2D eigenvalue weighted by Crippen LogP contribution is 2.36. The van der Waals surface area contributed by atoms with Crippen LogP contribution in [0, 0.1) is 13.8 Å². The summed E-state index contributed by atoms with van der Waals surface area (Å²) in [6.45, 7) is 4.10. The second kappa shape index (κ2) is 4.75. The quantitative estimate of drug-likeness (QED) is 0.771. The highest BCUT2D eigenvalue weighted by molar-refractivity contribution is 7.19. The molecule has 0 bridgehead atoms. The van der Waals surface area contributed by atoms with Crippen LogP contribution in [0.5, 0.6) is 0 Å². The summed E-state index contributed by atoms with van der Waals surface area (Å²) in [5.41, 5.74) is 10.0. The van der Waals surface area contributed by atoms with E-state index >= 15 is 0 Å². The van der Waals surface area contributed by atoms with Crippen LogP contribution in [0.25, 0.3) is 21.1 Å². The van der Waals surface area contributed by atoms with Crippen LogP contribution < -0.4 is 5.73 Å². The molecule has 3 nitrogen and oxygen atoms in total. The number of anilines is 1. The van der Waals surface area contributed by atoms with Crippen LogP contribution in [0.3, 0.4) is 0 Å². The summed E-state index contributed by atoms with van der Waals surface area (Å²) in [5, 5.41) is 3.61. The van der Waals surface area contributed by atoms with Crippen LogP contribution in [0.4, 0.5) is 5.13 Å². The lowest BCUT2D eigenvalue weighted by atomic mass is 10.1. The van der Waals surface area contributed by atoms with E-state index in [1.807, 2.05) is 12.3 Å². The summed E-state index contributed by atoms with van der Waals surface area (Å²) in [6, 6.07) is 8.38. The van der Waals surface area contributed by atoms with Gasteiger partial charge in [-0.1, -0.05) is 23.8 Å². The first-order valence-corrected chi connectivity index (χ1v) is 7.59. The van der Waals surface area contributed by atoms with Gasteiger partial charge in [-0.3, -0.25) is 0 Å². The zero-order valence-corrected chi connectivity index (χ0v) is 12.3. The third-order valence-corrected chi connectivity index (χ3v) is 4.72. The van der Waals surface area contributed by atoms with E-state index in [9.17, 15) is 0 Å². The summed E-state index contributed by atoms with van der Waals surface area (Å²) in [6.07, 6.45) is 0. The molecule has 2 N–H and O–H groups in total. The zero-order valence-electron chi connectivity index (χ0n) is 10.7. The molecule has 5 heteroatoms. The van der Waals surface area contributed by atoms with E-state index in [2.05, 4.69) is 41.2 Å². The Labute approximate surface area is 119 Å². The lowest BCUT2D eigenvalue weighted by molar-refractivity contribution is 1.26. The monoisotopic (exact) mass is 287 g/mol. The predicted octanol–water partition coefficient (Wildman–Crippen LogP) is 4.13. The van der Waals surface area contributed by atoms with E-state index in [1.54, 1.807) is 11.3 Å². The molecule has 3 aromatic rings. The van der Waals surface area contributed by atoms with Crippen LogP contribution in [-0.4, -0.2) is 9.97 Å². The number of aryl methyl sites for hydroxylation is 2. The maximum absolute atomic E-state index is 5.70. The molecule has 2 heterocycles. The fraction of sp³-hybridized carbons (Fsp3) is 0.143. The number of nitrogen functional groups attached to an aromatic ring is 1. The molecule has 0 saturated carbocycles. The highest BCUT2D eigenvalue weighted by Gasteiger charge is 2.13. The van der Waals surface area contributed by atoms with E-state index < -0.39 is 0 Å². The predicted molar refractivity (Wildman–Crippen MR) is 82.5 cm³/mol. The van der Waals surface area contributed by atoms with E-state index in [1.165, 1.54) is 16.9 Å². The van der Waals surface area contributed by atoms with Gasteiger partial charge in [0.05, 0.1) is 16.3 Å². The van der Waals surface area contributed by atoms with Crippen molar-refractivity contribution >= 4 is 27.8 Å². The summed E-state index contributed by atoms with van der Waals surface area (Å²) < 4.78 is 0. The molecule has 0 atom stereocenters. The molecule has 0 radical (unpaired) electrons. The molecule has 0 spiro atoms. The molecular weight excluding hydrogens is 274 g/mol. The Hall–Kier alpha value is -1.72. The van der Waals surface area contributed by atoms with Crippen LogP contribution >= 0.6 is 22.7 Å². The Morgan fingerprint density at radius 1 is 1.16 bits per heavy atom. The van der Waals surface area contributed by atoms with Gasteiger partial charge in [-0.15, -0.1) is 22.7 Å². The van der Waals surface area contributed by atoms with E-state index in [0.717, 1.165) is 26.8 Å². The Kier molecular flexibility index (Phi) is 3.08. The van der Waals surface area contributed by atoms with Gasteiger partial charge < -0.3 is 5.73 Å². The van der Waals surface area contributed by atoms with Gasteiger partial charge in [-0.25, -0.2) is 9.97 Å². The Morgan fingerprint density at radius 3 is 2.68 bits per heavy atom. The molecule has 0 aliphatic heterocycles. The molecule has 0 aliphatic carbocycles. The van der Waals surface area contributed by atoms with Crippen LogP contribution in [0.15, 0.2) is 29.6 Å². The molecule has 0 unspecified atom stereocenters. The minimum Gasteiger partial charge on any atom is -0.375 e. The van der Waals surface area contributed by atoms with Crippen molar-refractivity contribution in [2.24, 2.45) is 0 Å². The van der Waals surface area contributed by atoms with E-state index in [4.69, 9.17) is 5.73 Å². The standard InChI is InChI=1S/C14H13N3S2/c1-8-4-3-5-10(6-8)13-16-9(2)12(19-13)11-7-18-14(15)17-11/h3-7H,1-2H3,(H2,15,17). The van der Waals surface area contributed by atoms with Gasteiger partial charge in [-0.05, 0) is 19.9 Å². The molecule has 0 aliphatic rings. The summed E-state index contributed by atoms with van der Waals surface area (Å²) in [4.78, 5) is 10.1. The van der Waals surface area contributed by atoms with Crippen molar-refractivity contribution < 1.29 is 0 Å². The number of nitrogens with zero attached hydrogens (tertiary/aromatic N) is 2. The van der Waals surface area contributed by atoms with E-state index in [-0.39, 0.29) is 0 Å². The lowest BCUT2D eigenvalue weighted by Crippen LogP contribution is -1.82. The summed E-state index contributed by atoms with van der Waals surface area (Å²) in [7, 11) is 0. The number of aromatic nitrogens is 2. The minimum atomic E-state index is 0.597. The normalized spacial score (nSPS) is 10.8. The molecule has 3 rings (SSSR count). The van der Waals surface area contributed by atoms with Gasteiger partial charge in [0.25, 0.3) is 0 Å². The van der Waals surface area contributed by atoms with Gasteiger partial charge in [0.15, 0.2) is 5.13 Å². The van der Waals surface area contributed by atoms with Crippen molar-refractivity contribution in [3.8, 4) is 21.1 Å². The van der Waals surface area contributed by atoms with Crippen molar-refractivity contribution in [1.82, 2.24) is 9.97 Å². The Bertz CT molecular complexity index is 728. The lowest BCUT2D eigenvalue weighted by Gasteiger charge is -1.96. The average molecular weight is 287 g/mol. The topological polar surface area (TPSA) is 51.8 Å². The summed E-state index contributed by atoms with van der Waals surface area (Å²) >= 11 is 3.13. The van der Waals surface area contributed by atoms with Gasteiger partial charge in [0.2, 0.25) is 0 Å². The number of rotatable bonds is 2. The Morgan fingerprint density at radius 2 is 2.00 bits per heavy atom. The largest absolute Gasteiger partial charge is 0.375 e. The number of nitrogens with two attached hydrogens (primary N) is 1. The number of benzene rings is 1. The average Bonchev–Trinajstić information content (AvgIpc) is 2.95. The van der Waals surface area contributed by atoms with Gasteiger partial charge in [-0.2, -0.15) is 0 Å². The van der Waals surface area contributed by atoms with Gasteiger partial charge in [0, 0.05) is 10.9 Å². The first kappa shape index (κ1) is 12.3. The smallest absolute Gasteiger partial charge is 0.180 e. The fourth-order valence-corrected chi connectivity index (χ4v) is 3.58. The second-order valence-electron chi connectivity index (χ2n) is 4.37. The molecule has 0 fully saturated rings. The SMILES string of the molecule is Cc1cccc(-c2nc(C)c(-c3csc(N)n3)s2)c1. The van der Waals surface area contributed by atoms with Crippen LogP contribution in [0.2, 0.25) is 0 Å². The van der Waals surface area contributed by atoms with Crippen molar-refractivity contribution in [1.29, 1.82) is 0 Å². The third kappa shape index (κ3) is 2.39. The van der Waals surface area contributed by atoms with Crippen molar-refractivity contribution in [3.05, 3.63) is 40.9 Å². The van der Waals surface area contributed by atoms with Crippen molar-refractivity contribution in [2.75, 3.05) is 5.73 Å². The van der Waals surface area contributed by atoms with Gasteiger partial charge >= 0.3 is 0 Å². The first-order chi connectivity index (χ1) is 9.13. The Balaban J connectivity index is 2.06. The maximum atomic E-state index is 5.70. The third-order valence-electron chi connectivity index (χ3n) is 2.82. The van der Waals surface area contributed by atoms with Crippen LogP contribution in [-0.2, 0) is 0 Å². The maximum Gasteiger partial charge on any atom is 0.180 e. The number of hydrogen-bond acceptors (Lipinski definition) is 5. The summed E-state index contributed by atoms with van der Waals surface area (Å²) in [5.74, 6) is 0. The molecule has 0 amide bonds. The van der Waals surface area contributed by atoms with Crippen molar-refractivity contribution in [2.45, 2.75) is 13.8 Å². The number of hydrogen-bond donors (Lipinski definition) is 1. The second-order valence-corrected chi connectivity index (χ2v) is 6.26. The highest BCUT2D eigenvalue weighted by atomic mass is 32.1. The molecule has 2 aromatic heterocycles. The molecule has 96 valence electrons. The fourth-order valence-electron chi connectivity index (χ4n) is 1.93. The van der Waals surface area contributed by atoms with Crippen molar-refractivity contribution in [3.63, 3.8) is 0 Å². The zero-order chi connectivity index (χ0) is 13.4. The van der Waals surface area contributed by atoms with Crippen LogP contribution in [0.1, 0.15) is 11.3 Å². The van der Waals surface area contributed by atoms with E-state index in [0.29, 0.717) is 5.13 Å². The molecular formula is C14H13N3S2. The molecule has 19 heavy (non-hydrogen) atoms. The molecule has 1 aromatic carbocycles. The first-order valence-electron chi connectivity index (χ1n) is 5.89. The molecule has 0 saturated heterocycles. The van der Waals surface area contributed by atoms with Gasteiger partial charge in [0.1, 0.15) is 5.01 Å². The minimum absolute atomic E-state index is 0.597.